The standard InChI is InChI=1S/C22H33ClN5O9P/c23-22-26-18(25-12-3-1-2-4-12)13-7-24-28(19(13)27-22)20-17(30)16(29)14(37-20)9-36-21(31)15(38(32,33)34)10-35-8-11-5-6-11/h7,11-12,14-17,20-21,29-31H,1-6,8-10H2,(H,25,26,27)(H2,32,33,34)/t14-,15?,16-,17-,20-,21-/m1/s1. The molecule has 0 spiro atoms. The number of nitrogens with zero attached hydrogens (tertiary/aromatic N) is 4. The van der Waals surface area contributed by atoms with Gasteiger partial charge in [-0.3, -0.25) is 4.57 Å². The number of ether oxygens (including phenoxy) is 3. The molecule has 2 aliphatic carbocycles. The van der Waals surface area contributed by atoms with E-state index in [4.69, 9.17) is 25.8 Å². The molecule has 3 fully saturated rings. The van der Waals surface area contributed by atoms with Gasteiger partial charge in [-0.25, -0.2) is 4.68 Å². The number of aromatic nitrogens is 4. The molecule has 1 unspecified atom stereocenters. The summed E-state index contributed by atoms with van der Waals surface area (Å²) < 4.78 is 29.6. The normalized spacial score (nSPS) is 28.3. The van der Waals surface area contributed by atoms with Crippen LogP contribution in [0.5, 0.6) is 0 Å². The van der Waals surface area contributed by atoms with E-state index in [1.165, 1.54) is 10.9 Å². The molecule has 14 nitrogen and oxygen atoms in total. The maximum atomic E-state index is 11.9. The van der Waals surface area contributed by atoms with Gasteiger partial charge in [-0.1, -0.05) is 12.8 Å². The van der Waals surface area contributed by atoms with Crippen LogP contribution in [0.15, 0.2) is 6.20 Å². The number of hydrogen-bond acceptors (Lipinski definition) is 11. The topological polar surface area (TPSA) is 202 Å². The molecule has 2 aromatic heterocycles. The summed E-state index contributed by atoms with van der Waals surface area (Å²) in [5.41, 5.74) is -1.32. The molecular formula is C22H33ClN5O9P. The Bertz CT molecular complexity index is 1160. The van der Waals surface area contributed by atoms with Crippen LogP contribution >= 0.6 is 19.2 Å². The summed E-state index contributed by atoms with van der Waals surface area (Å²) in [6, 6.07) is 0.256. The van der Waals surface area contributed by atoms with Crippen LogP contribution in [0, 0.1) is 5.92 Å². The molecule has 212 valence electrons. The van der Waals surface area contributed by atoms with E-state index in [0.717, 1.165) is 38.5 Å². The highest BCUT2D eigenvalue weighted by atomic mass is 35.5. The average molecular weight is 578 g/mol. The van der Waals surface area contributed by atoms with Crippen LogP contribution < -0.4 is 5.32 Å². The fourth-order valence-corrected chi connectivity index (χ4v) is 5.70. The lowest BCUT2D eigenvalue weighted by Crippen LogP contribution is -2.38. The van der Waals surface area contributed by atoms with Gasteiger partial charge in [0.15, 0.2) is 18.2 Å². The molecule has 2 aromatic rings. The van der Waals surface area contributed by atoms with Gasteiger partial charge >= 0.3 is 7.60 Å². The number of hydrogen-bond donors (Lipinski definition) is 6. The Hall–Kier alpha value is -1.45. The predicted octanol–water partition coefficient (Wildman–Crippen LogP) is 0.761. The second kappa shape index (κ2) is 11.6. The molecule has 5 rings (SSSR count). The lowest BCUT2D eigenvalue weighted by molar-refractivity contribution is -0.151. The van der Waals surface area contributed by atoms with Crippen molar-refractivity contribution >= 4 is 36.0 Å². The van der Waals surface area contributed by atoms with Gasteiger partial charge in [0, 0.05) is 12.6 Å². The van der Waals surface area contributed by atoms with Crippen LogP contribution in [0.3, 0.4) is 0 Å². The summed E-state index contributed by atoms with van der Waals surface area (Å²) in [7, 11) is -4.76. The van der Waals surface area contributed by atoms with E-state index < -0.39 is 57.3 Å². The molecule has 6 atom stereocenters. The summed E-state index contributed by atoms with van der Waals surface area (Å²) in [4.78, 5) is 27.8. The first-order valence-electron chi connectivity index (χ1n) is 12.7. The minimum atomic E-state index is -4.76. The van der Waals surface area contributed by atoms with Gasteiger partial charge < -0.3 is 44.6 Å². The van der Waals surface area contributed by atoms with Crippen molar-refractivity contribution in [1.29, 1.82) is 0 Å². The third-order valence-corrected chi connectivity index (χ3v) is 8.67. The molecule has 0 radical (unpaired) electrons. The van der Waals surface area contributed by atoms with Crippen molar-refractivity contribution in [3.63, 3.8) is 0 Å². The number of nitrogens with one attached hydrogen (secondary N) is 1. The Labute approximate surface area is 223 Å². The van der Waals surface area contributed by atoms with Crippen molar-refractivity contribution in [2.24, 2.45) is 5.92 Å². The van der Waals surface area contributed by atoms with E-state index in [1.807, 2.05) is 0 Å². The molecule has 16 heteroatoms. The molecular weight excluding hydrogens is 545 g/mol. The van der Waals surface area contributed by atoms with E-state index in [9.17, 15) is 29.7 Å². The van der Waals surface area contributed by atoms with Crippen LogP contribution in [0.2, 0.25) is 5.28 Å². The molecule has 2 saturated carbocycles. The van der Waals surface area contributed by atoms with Crippen molar-refractivity contribution in [3.05, 3.63) is 11.5 Å². The van der Waals surface area contributed by atoms with E-state index in [0.29, 0.717) is 23.7 Å². The Kier molecular flexibility index (Phi) is 8.56. The molecule has 0 amide bonds. The van der Waals surface area contributed by atoms with E-state index in [1.54, 1.807) is 0 Å². The lowest BCUT2D eigenvalue weighted by Gasteiger charge is -2.25. The van der Waals surface area contributed by atoms with Crippen LogP contribution in [0.4, 0.5) is 5.82 Å². The Morgan fingerprint density at radius 1 is 1.16 bits per heavy atom. The van der Waals surface area contributed by atoms with Crippen LogP contribution in [0.1, 0.15) is 44.8 Å². The highest BCUT2D eigenvalue weighted by Crippen LogP contribution is 2.44. The smallest absolute Gasteiger partial charge is 0.336 e. The fraction of sp³-hybridized carbons (Fsp3) is 0.773. The van der Waals surface area contributed by atoms with Crippen LogP contribution in [-0.2, 0) is 18.8 Å². The van der Waals surface area contributed by atoms with Gasteiger partial charge in [-0.05, 0) is 43.2 Å². The van der Waals surface area contributed by atoms with Crippen molar-refractivity contribution in [2.75, 3.05) is 25.1 Å². The minimum Gasteiger partial charge on any atom is -0.387 e. The summed E-state index contributed by atoms with van der Waals surface area (Å²) >= 11 is 6.17. The van der Waals surface area contributed by atoms with Gasteiger partial charge in [0.2, 0.25) is 5.28 Å². The fourth-order valence-electron chi connectivity index (χ4n) is 4.82. The summed E-state index contributed by atoms with van der Waals surface area (Å²) in [6.07, 6.45) is 0.716. The van der Waals surface area contributed by atoms with Crippen LogP contribution in [0.25, 0.3) is 11.0 Å². The van der Waals surface area contributed by atoms with Crippen molar-refractivity contribution in [1.82, 2.24) is 19.7 Å². The average Bonchev–Trinajstić information content (AvgIpc) is 3.22. The molecule has 6 N–H and O–H groups in total. The zero-order chi connectivity index (χ0) is 27.0. The monoisotopic (exact) mass is 577 g/mol. The number of anilines is 1. The maximum absolute atomic E-state index is 11.9. The lowest BCUT2D eigenvalue weighted by atomic mass is 10.1. The third kappa shape index (κ3) is 6.30. The van der Waals surface area contributed by atoms with Gasteiger partial charge in [0.1, 0.15) is 29.8 Å². The zero-order valence-electron chi connectivity index (χ0n) is 20.5. The Balaban J connectivity index is 1.25. The zero-order valence-corrected chi connectivity index (χ0v) is 22.2. The molecule has 1 aliphatic heterocycles. The summed E-state index contributed by atoms with van der Waals surface area (Å²) in [6.45, 7) is -0.498. The van der Waals surface area contributed by atoms with E-state index in [-0.39, 0.29) is 17.0 Å². The first kappa shape index (κ1) is 28.1. The first-order valence-corrected chi connectivity index (χ1v) is 14.8. The molecule has 38 heavy (non-hydrogen) atoms. The summed E-state index contributed by atoms with van der Waals surface area (Å²) in [5.74, 6) is 0.889. The number of aliphatic hydroxyl groups is 3. The predicted molar refractivity (Wildman–Crippen MR) is 133 cm³/mol. The SMILES string of the molecule is O=P(O)(O)C(COCC1CC1)[C@H](O)OC[C@H]1O[C@@H](n2ncc3c(NC4CCCC4)nc(Cl)nc32)[C@H](O)[C@@H]1O. The quantitative estimate of drug-likeness (QED) is 0.117. The van der Waals surface area contributed by atoms with Crippen molar-refractivity contribution in [2.45, 2.75) is 81.1 Å². The minimum absolute atomic E-state index is 0.0248. The second-order valence-electron chi connectivity index (χ2n) is 10.2. The van der Waals surface area contributed by atoms with Gasteiger partial charge in [0.25, 0.3) is 0 Å². The van der Waals surface area contributed by atoms with Gasteiger partial charge in [-0.2, -0.15) is 15.1 Å². The number of halogens is 1. The molecule has 1 saturated heterocycles. The highest BCUT2D eigenvalue weighted by molar-refractivity contribution is 7.52. The number of aliphatic hydroxyl groups excluding tert-OH is 3. The van der Waals surface area contributed by atoms with Crippen molar-refractivity contribution in [3.8, 4) is 0 Å². The Morgan fingerprint density at radius 3 is 2.58 bits per heavy atom. The Morgan fingerprint density at radius 2 is 1.89 bits per heavy atom. The van der Waals surface area contributed by atoms with E-state index >= 15 is 0 Å². The van der Waals surface area contributed by atoms with Gasteiger partial charge in [-0.15, -0.1) is 0 Å². The second-order valence-corrected chi connectivity index (χ2v) is 12.4. The third-order valence-electron chi connectivity index (χ3n) is 7.23. The van der Waals surface area contributed by atoms with Gasteiger partial charge in [0.05, 0.1) is 24.8 Å². The summed E-state index contributed by atoms with van der Waals surface area (Å²) in [5, 5.41) is 39.9. The number of rotatable bonds is 12. The van der Waals surface area contributed by atoms with E-state index in [2.05, 4.69) is 20.4 Å². The van der Waals surface area contributed by atoms with Crippen molar-refractivity contribution < 1.29 is 43.9 Å². The maximum Gasteiger partial charge on any atom is 0.336 e. The largest absolute Gasteiger partial charge is 0.387 e. The molecule has 3 heterocycles. The number of fused-ring (bicyclic) bond motifs is 1. The van der Waals surface area contributed by atoms with Crippen LogP contribution in [-0.4, -0.2) is 101 Å². The molecule has 3 aliphatic rings. The molecule has 0 bridgehead atoms. The molecule has 0 aromatic carbocycles. The highest BCUT2D eigenvalue weighted by Gasteiger charge is 2.46. The first-order chi connectivity index (χ1) is 18.1.